The minimum atomic E-state index is -1.80. The summed E-state index contributed by atoms with van der Waals surface area (Å²) in [5.74, 6) is -0.260. The largest absolute Gasteiger partial charge is 0.394 e. The molecule has 81 heavy (non-hydrogen) atoms. The number of carbonyl (C=O) groups excluding carboxylic acids is 1. The molecule has 12 unspecified atom stereocenters. The minimum Gasteiger partial charge on any atom is -0.394 e. The van der Waals surface area contributed by atoms with E-state index >= 15 is 0 Å². The van der Waals surface area contributed by atoms with E-state index in [4.69, 9.17) is 18.9 Å². The number of allylic oxidation sites excluding steroid dienone is 17. The second-order valence-corrected chi connectivity index (χ2v) is 21.8. The van der Waals surface area contributed by atoms with E-state index in [0.717, 1.165) is 89.9 Å². The first-order chi connectivity index (χ1) is 39.6. The quantitative estimate of drug-likeness (QED) is 0.0204. The molecule has 14 heteroatoms. The summed E-state index contributed by atoms with van der Waals surface area (Å²) in [5.41, 5.74) is 0. The summed E-state index contributed by atoms with van der Waals surface area (Å²) in [6.45, 7) is 2.64. The van der Waals surface area contributed by atoms with Crippen molar-refractivity contribution in [3.05, 3.63) is 109 Å². The van der Waals surface area contributed by atoms with Gasteiger partial charge in [0, 0.05) is 6.42 Å². The molecule has 0 saturated carbocycles. The number of hydrogen-bond acceptors (Lipinski definition) is 13. The first kappa shape index (κ1) is 73.8. The van der Waals surface area contributed by atoms with Gasteiger partial charge in [-0.05, 0) is 96.3 Å². The van der Waals surface area contributed by atoms with Crippen molar-refractivity contribution in [1.29, 1.82) is 0 Å². The monoisotopic (exact) mass is 1140 g/mol. The van der Waals surface area contributed by atoms with E-state index in [0.29, 0.717) is 12.8 Å². The summed E-state index contributed by atoms with van der Waals surface area (Å²) < 4.78 is 22.8. The Morgan fingerprint density at radius 2 is 0.864 bits per heavy atom. The molecule has 14 nitrogen and oxygen atoms in total. The smallest absolute Gasteiger partial charge is 0.220 e. The number of aliphatic hydroxyl groups is 8. The van der Waals surface area contributed by atoms with Crippen LogP contribution in [0, 0.1) is 0 Å². The summed E-state index contributed by atoms with van der Waals surface area (Å²) in [6, 6.07) is -0.946. The van der Waals surface area contributed by atoms with E-state index in [1.165, 1.54) is 89.9 Å². The average molecular weight is 1140 g/mol. The normalized spacial score (nSPS) is 24.9. The lowest BCUT2D eigenvalue weighted by Gasteiger charge is -2.46. The third-order valence-electron chi connectivity index (χ3n) is 14.7. The van der Waals surface area contributed by atoms with Gasteiger partial charge in [0.15, 0.2) is 12.6 Å². The Bertz CT molecular complexity index is 1770. The second kappa shape index (κ2) is 51.1. The molecule has 0 aliphatic carbocycles. The van der Waals surface area contributed by atoms with Crippen LogP contribution in [0.1, 0.15) is 213 Å². The Kier molecular flexibility index (Phi) is 46.5. The lowest BCUT2D eigenvalue weighted by molar-refractivity contribution is -0.359. The van der Waals surface area contributed by atoms with Crippen LogP contribution in [0.25, 0.3) is 0 Å². The molecule has 2 rings (SSSR count). The Hall–Kier alpha value is -3.35. The van der Waals surface area contributed by atoms with Crippen molar-refractivity contribution in [3.8, 4) is 0 Å². The third-order valence-corrected chi connectivity index (χ3v) is 14.7. The van der Waals surface area contributed by atoms with Gasteiger partial charge in [0.2, 0.25) is 5.91 Å². The van der Waals surface area contributed by atoms with Gasteiger partial charge in [-0.2, -0.15) is 0 Å². The number of rotatable bonds is 49. The van der Waals surface area contributed by atoms with Gasteiger partial charge in [-0.25, -0.2) is 0 Å². The fraction of sp³-hybridized carbons (Fsp3) is 0.716. The van der Waals surface area contributed by atoms with Crippen LogP contribution in [0.15, 0.2) is 109 Å². The van der Waals surface area contributed by atoms with Crippen LogP contribution in [0.4, 0.5) is 0 Å². The zero-order chi connectivity index (χ0) is 58.8. The number of ether oxygens (including phenoxy) is 4. The molecule has 0 bridgehead atoms. The molecule has 0 aromatic carbocycles. The van der Waals surface area contributed by atoms with Gasteiger partial charge in [0.1, 0.15) is 48.8 Å². The Balaban J connectivity index is 1.71. The summed E-state index contributed by atoms with van der Waals surface area (Å²) in [6.07, 6.45) is 55.6. The number of unbranched alkanes of at least 4 members (excludes halogenated alkanes) is 20. The predicted molar refractivity (Wildman–Crippen MR) is 327 cm³/mol. The molecule has 2 fully saturated rings. The van der Waals surface area contributed by atoms with Crippen molar-refractivity contribution in [3.63, 3.8) is 0 Å². The molecular weight excluding hydrogens is 1030 g/mol. The van der Waals surface area contributed by atoms with Gasteiger partial charge in [-0.15, -0.1) is 0 Å². The van der Waals surface area contributed by atoms with E-state index in [1.807, 2.05) is 6.08 Å². The third kappa shape index (κ3) is 36.2. The fourth-order valence-corrected chi connectivity index (χ4v) is 9.62. The number of aliphatic hydroxyl groups excluding tert-OH is 8. The van der Waals surface area contributed by atoms with E-state index < -0.39 is 86.8 Å². The van der Waals surface area contributed by atoms with Gasteiger partial charge in [-0.1, -0.05) is 220 Å². The van der Waals surface area contributed by atoms with Crippen molar-refractivity contribution in [2.75, 3.05) is 19.8 Å². The highest BCUT2D eigenvalue weighted by atomic mass is 16.7. The van der Waals surface area contributed by atoms with Crippen molar-refractivity contribution in [1.82, 2.24) is 5.32 Å². The number of carbonyl (C=O) groups is 1. The van der Waals surface area contributed by atoms with E-state index in [2.05, 4.69) is 116 Å². The zero-order valence-electron chi connectivity index (χ0n) is 50.0. The van der Waals surface area contributed by atoms with Gasteiger partial charge >= 0.3 is 0 Å². The first-order valence-electron chi connectivity index (χ1n) is 31.6. The molecule has 0 spiro atoms. The minimum absolute atomic E-state index is 0.260. The van der Waals surface area contributed by atoms with Crippen LogP contribution in [-0.2, 0) is 23.7 Å². The van der Waals surface area contributed by atoms with Crippen molar-refractivity contribution < 1.29 is 64.6 Å². The van der Waals surface area contributed by atoms with Crippen LogP contribution in [0.5, 0.6) is 0 Å². The second-order valence-electron chi connectivity index (χ2n) is 21.8. The Labute approximate surface area is 489 Å². The van der Waals surface area contributed by atoms with Gasteiger partial charge in [0.05, 0.1) is 32.0 Å². The molecule has 464 valence electrons. The Morgan fingerprint density at radius 3 is 1.36 bits per heavy atom. The molecule has 9 N–H and O–H groups in total. The Morgan fingerprint density at radius 1 is 0.457 bits per heavy atom. The zero-order valence-corrected chi connectivity index (χ0v) is 50.0. The maximum Gasteiger partial charge on any atom is 0.220 e. The molecule has 0 radical (unpaired) electrons. The molecule has 2 aliphatic rings. The number of amides is 1. The lowest BCUT2D eigenvalue weighted by Crippen LogP contribution is -2.65. The number of hydrogen-bond donors (Lipinski definition) is 9. The summed E-state index contributed by atoms with van der Waals surface area (Å²) >= 11 is 0. The molecule has 2 saturated heterocycles. The molecule has 2 heterocycles. The van der Waals surface area contributed by atoms with Gasteiger partial charge < -0.3 is 65.1 Å². The maximum absolute atomic E-state index is 13.3. The topological polar surface area (TPSA) is 228 Å². The molecule has 0 aromatic heterocycles. The van der Waals surface area contributed by atoms with Crippen molar-refractivity contribution in [2.24, 2.45) is 0 Å². The standard InChI is InChI=1S/C67H113NO13/c1-3-5-7-9-11-13-15-17-19-21-22-23-24-25-26-27-28-29-30-31-32-33-34-35-37-39-41-43-45-47-49-51-59(72)68-55(56(71)50-48-46-44-42-40-38-36-20-18-16-14-12-10-8-6-4-2)54-78-66-64(77)62(75)65(58(53-70)80-66)81-67-63(76)61(74)60(73)57(52-69)79-67/h5,7,11,13,17-20,22-23,25-26,28-29,40,42,48,50,55-58,60-67,69-71,73-77H,3-4,6,8-10,12,14-16,21,24,27,30-39,41,43-47,49,51-54H2,1-2H3,(H,68,72)/b7-5-,13-11-,19-17-,20-18+,23-22-,26-25-,29-28-,42-40+,50-48+. The van der Waals surface area contributed by atoms with Gasteiger partial charge in [-0.3, -0.25) is 4.79 Å². The molecule has 2 aliphatic heterocycles. The molecule has 12 atom stereocenters. The highest BCUT2D eigenvalue weighted by molar-refractivity contribution is 5.76. The van der Waals surface area contributed by atoms with E-state index in [1.54, 1.807) is 6.08 Å². The van der Waals surface area contributed by atoms with Crippen molar-refractivity contribution >= 4 is 5.91 Å². The van der Waals surface area contributed by atoms with Gasteiger partial charge in [0.25, 0.3) is 0 Å². The molecule has 0 aromatic rings. The van der Waals surface area contributed by atoms with Crippen LogP contribution < -0.4 is 5.32 Å². The van der Waals surface area contributed by atoms with Crippen LogP contribution in [-0.4, -0.2) is 140 Å². The predicted octanol–water partition coefficient (Wildman–Crippen LogP) is 11.6. The van der Waals surface area contributed by atoms with Crippen LogP contribution in [0.2, 0.25) is 0 Å². The maximum atomic E-state index is 13.3. The summed E-state index contributed by atoms with van der Waals surface area (Å²) in [7, 11) is 0. The van der Waals surface area contributed by atoms with Crippen LogP contribution in [0.3, 0.4) is 0 Å². The fourth-order valence-electron chi connectivity index (χ4n) is 9.62. The average Bonchev–Trinajstić information content (AvgIpc) is 3.47. The van der Waals surface area contributed by atoms with Crippen LogP contribution >= 0.6 is 0 Å². The lowest BCUT2D eigenvalue weighted by atomic mass is 9.97. The molecular formula is C67H113NO13. The summed E-state index contributed by atoms with van der Waals surface area (Å²) in [4.78, 5) is 13.3. The SMILES string of the molecule is CC/C=C\C/C=C\C/C=C\C/C=C\C/C=C\C/C=C\CCCCCCCCCCCCCCC(=O)NC(COC1OC(CO)C(OC2OC(CO)C(O)C(O)C2O)C(O)C1O)C(O)/C=C/CC/C=C/CC/C=C/CCCCCCCC. The molecule has 1 amide bonds. The summed E-state index contributed by atoms with van der Waals surface area (Å²) in [5, 5.41) is 87.1. The highest BCUT2D eigenvalue weighted by Crippen LogP contribution is 2.30. The first-order valence-corrected chi connectivity index (χ1v) is 31.6. The van der Waals surface area contributed by atoms with Crippen molar-refractivity contribution in [2.45, 2.75) is 286 Å². The van der Waals surface area contributed by atoms with E-state index in [9.17, 15) is 45.6 Å². The number of nitrogens with one attached hydrogen (secondary N) is 1. The van der Waals surface area contributed by atoms with E-state index in [-0.39, 0.29) is 18.9 Å². The highest BCUT2D eigenvalue weighted by Gasteiger charge is 2.51.